The van der Waals surface area contributed by atoms with Crippen LogP contribution >= 0.6 is 0 Å². The first-order valence-corrected chi connectivity index (χ1v) is 6.41. The van der Waals surface area contributed by atoms with Gasteiger partial charge < -0.3 is 15.0 Å². The SMILES string of the molecule is COCCC(C)N1CCCNc2ccccc21. The van der Waals surface area contributed by atoms with Crippen LogP contribution in [0.3, 0.4) is 0 Å². The van der Waals surface area contributed by atoms with Gasteiger partial charge in [-0.15, -0.1) is 0 Å². The molecule has 0 saturated carbocycles. The molecule has 0 aromatic heterocycles. The highest BCUT2D eigenvalue weighted by Gasteiger charge is 2.19. The molecular formula is C14H22N2O. The minimum atomic E-state index is 0.524. The number of rotatable bonds is 4. The molecule has 0 saturated heterocycles. The summed E-state index contributed by atoms with van der Waals surface area (Å²) in [6.45, 7) is 5.29. The second-order valence-corrected chi connectivity index (χ2v) is 4.62. The Morgan fingerprint density at radius 3 is 3.06 bits per heavy atom. The molecule has 2 rings (SSSR count). The van der Waals surface area contributed by atoms with E-state index < -0.39 is 0 Å². The monoisotopic (exact) mass is 234 g/mol. The Morgan fingerprint density at radius 2 is 2.24 bits per heavy atom. The molecule has 94 valence electrons. The molecule has 1 aromatic rings. The predicted octanol–water partition coefficient (Wildman–Crippen LogP) is 2.73. The number of methoxy groups -OCH3 is 1. The highest BCUT2D eigenvalue weighted by Crippen LogP contribution is 2.30. The van der Waals surface area contributed by atoms with E-state index in [-0.39, 0.29) is 0 Å². The van der Waals surface area contributed by atoms with Crippen LogP contribution in [-0.2, 0) is 4.74 Å². The van der Waals surface area contributed by atoms with Crippen LogP contribution in [0.4, 0.5) is 11.4 Å². The lowest BCUT2D eigenvalue weighted by molar-refractivity contribution is 0.188. The number of para-hydroxylation sites is 2. The summed E-state index contributed by atoms with van der Waals surface area (Å²) < 4.78 is 5.18. The predicted molar refractivity (Wildman–Crippen MR) is 72.8 cm³/mol. The van der Waals surface area contributed by atoms with Crippen molar-refractivity contribution in [2.45, 2.75) is 25.8 Å². The minimum absolute atomic E-state index is 0.524. The fourth-order valence-corrected chi connectivity index (χ4v) is 2.37. The molecule has 0 radical (unpaired) electrons. The smallest absolute Gasteiger partial charge is 0.0604 e. The standard InChI is InChI=1S/C14H22N2O/c1-12(8-11-17-2)16-10-5-9-15-13-6-3-4-7-14(13)16/h3-4,6-7,12,15H,5,8-11H2,1-2H3. The van der Waals surface area contributed by atoms with Crippen molar-refractivity contribution in [1.29, 1.82) is 0 Å². The molecule has 1 aromatic carbocycles. The van der Waals surface area contributed by atoms with Gasteiger partial charge in [0.1, 0.15) is 0 Å². The lowest BCUT2D eigenvalue weighted by Crippen LogP contribution is -2.34. The van der Waals surface area contributed by atoms with E-state index in [0.717, 1.165) is 26.1 Å². The summed E-state index contributed by atoms with van der Waals surface area (Å²) in [5.74, 6) is 0. The van der Waals surface area contributed by atoms with Crippen molar-refractivity contribution < 1.29 is 4.74 Å². The van der Waals surface area contributed by atoms with Crippen molar-refractivity contribution in [2.75, 3.05) is 37.0 Å². The Hall–Kier alpha value is -1.22. The molecule has 0 amide bonds. The third kappa shape index (κ3) is 2.91. The first kappa shape index (κ1) is 12.2. The Labute approximate surface area is 104 Å². The van der Waals surface area contributed by atoms with Gasteiger partial charge in [0.05, 0.1) is 11.4 Å². The number of fused-ring (bicyclic) bond motifs is 1. The van der Waals surface area contributed by atoms with Crippen molar-refractivity contribution in [3.05, 3.63) is 24.3 Å². The van der Waals surface area contributed by atoms with Crippen LogP contribution in [0.15, 0.2) is 24.3 Å². The van der Waals surface area contributed by atoms with Crippen molar-refractivity contribution in [3.8, 4) is 0 Å². The van der Waals surface area contributed by atoms with E-state index in [4.69, 9.17) is 4.74 Å². The van der Waals surface area contributed by atoms with Crippen molar-refractivity contribution in [3.63, 3.8) is 0 Å². The van der Waals surface area contributed by atoms with Gasteiger partial charge in [-0.25, -0.2) is 0 Å². The lowest BCUT2D eigenvalue weighted by Gasteiger charge is -2.31. The zero-order chi connectivity index (χ0) is 12.1. The average molecular weight is 234 g/mol. The molecule has 0 spiro atoms. The molecule has 3 nitrogen and oxygen atoms in total. The van der Waals surface area contributed by atoms with Crippen LogP contribution in [0.1, 0.15) is 19.8 Å². The zero-order valence-electron chi connectivity index (χ0n) is 10.8. The number of nitrogens with one attached hydrogen (secondary N) is 1. The largest absolute Gasteiger partial charge is 0.385 e. The second kappa shape index (κ2) is 5.92. The van der Waals surface area contributed by atoms with E-state index in [9.17, 15) is 0 Å². The molecular weight excluding hydrogens is 212 g/mol. The third-order valence-corrected chi connectivity index (χ3v) is 3.38. The number of nitrogens with zero attached hydrogens (tertiary/aromatic N) is 1. The van der Waals surface area contributed by atoms with Crippen LogP contribution in [0.2, 0.25) is 0 Å². The Kier molecular flexibility index (Phi) is 4.26. The lowest BCUT2D eigenvalue weighted by atomic mass is 10.1. The van der Waals surface area contributed by atoms with Crippen molar-refractivity contribution in [2.24, 2.45) is 0 Å². The summed E-state index contributed by atoms with van der Waals surface area (Å²) >= 11 is 0. The van der Waals surface area contributed by atoms with Gasteiger partial charge in [-0.05, 0) is 31.9 Å². The number of anilines is 2. The van der Waals surface area contributed by atoms with Gasteiger partial charge in [0.2, 0.25) is 0 Å². The molecule has 1 N–H and O–H groups in total. The van der Waals surface area contributed by atoms with Gasteiger partial charge >= 0.3 is 0 Å². The summed E-state index contributed by atoms with van der Waals surface area (Å²) in [5, 5.41) is 3.49. The van der Waals surface area contributed by atoms with Crippen LogP contribution < -0.4 is 10.2 Å². The van der Waals surface area contributed by atoms with Gasteiger partial charge in [0.15, 0.2) is 0 Å². The molecule has 0 bridgehead atoms. The number of benzene rings is 1. The summed E-state index contributed by atoms with van der Waals surface area (Å²) in [6.07, 6.45) is 2.26. The van der Waals surface area contributed by atoms with E-state index in [2.05, 4.69) is 41.4 Å². The van der Waals surface area contributed by atoms with Crippen LogP contribution in [0, 0.1) is 0 Å². The number of hydrogen-bond acceptors (Lipinski definition) is 3. The fraction of sp³-hybridized carbons (Fsp3) is 0.571. The van der Waals surface area contributed by atoms with Crippen LogP contribution in [0.25, 0.3) is 0 Å². The highest BCUT2D eigenvalue weighted by atomic mass is 16.5. The minimum Gasteiger partial charge on any atom is -0.385 e. The van der Waals surface area contributed by atoms with Crippen LogP contribution in [0.5, 0.6) is 0 Å². The normalized spacial score (nSPS) is 16.9. The molecule has 1 atom stereocenters. The highest BCUT2D eigenvalue weighted by molar-refractivity contribution is 5.71. The number of hydrogen-bond donors (Lipinski definition) is 1. The van der Waals surface area contributed by atoms with Gasteiger partial charge in [0.25, 0.3) is 0 Å². The molecule has 17 heavy (non-hydrogen) atoms. The van der Waals surface area contributed by atoms with Gasteiger partial charge in [-0.1, -0.05) is 12.1 Å². The summed E-state index contributed by atoms with van der Waals surface area (Å²) in [5.41, 5.74) is 2.59. The van der Waals surface area contributed by atoms with E-state index in [1.54, 1.807) is 7.11 Å². The molecule has 1 heterocycles. The van der Waals surface area contributed by atoms with Crippen molar-refractivity contribution in [1.82, 2.24) is 0 Å². The van der Waals surface area contributed by atoms with E-state index in [1.165, 1.54) is 17.8 Å². The summed E-state index contributed by atoms with van der Waals surface area (Å²) in [6, 6.07) is 9.10. The molecule has 1 unspecified atom stereocenters. The summed E-state index contributed by atoms with van der Waals surface area (Å²) in [4.78, 5) is 2.49. The fourth-order valence-electron chi connectivity index (χ4n) is 2.37. The Balaban J connectivity index is 2.16. The van der Waals surface area contributed by atoms with E-state index in [1.807, 2.05) is 0 Å². The van der Waals surface area contributed by atoms with Gasteiger partial charge in [-0.3, -0.25) is 0 Å². The first-order valence-electron chi connectivity index (χ1n) is 6.41. The summed E-state index contributed by atoms with van der Waals surface area (Å²) in [7, 11) is 1.77. The first-order chi connectivity index (χ1) is 8.33. The number of ether oxygens (including phenoxy) is 1. The molecule has 1 aliphatic rings. The molecule has 0 aliphatic carbocycles. The maximum atomic E-state index is 5.18. The van der Waals surface area contributed by atoms with Gasteiger partial charge in [-0.2, -0.15) is 0 Å². The zero-order valence-corrected chi connectivity index (χ0v) is 10.8. The van der Waals surface area contributed by atoms with E-state index in [0.29, 0.717) is 6.04 Å². The molecule has 3 heteroatoms. The molecule has 1 aliphatic heterocycles. The van der Waals surface area contributed by atoms with Crippen molar-refractivity contribution >= 4 is 11.4 Å². The van der Waals surface area contributed by atoms with Crippen LogP contribution in [-0.4, -0.2) is 32.8 Å². The second-order valence-electron chi connectivity index (χ2n) is 4.62. The van der Waals surface area contributed by atoms with Gasteiger partial charge in [0, 0.05) is 32.8 Å². The molecule has 0 fully saturated rings. The Morgan fingerprint density at radius 1 is 1.41 bits per heavy atom. The quantitative estimate of drug-likeness (QED) is 0.867. The topological polar surface area (TPSA) is 24.5 Å². The average Bonchev–Trinajstić information content (AvgIpc) is 2.58. The maximum absolute atomic E-state index is 5.18. The Bertz CT molecular complexity index is 354. The third-order valence-electron chi connectivity index (χ3n) is 3.38. The maximum Gasteiger partial charge on any atom is 0.0604 e. The van der Waals surface area contributed by atoms with E-state index >= 15 is 0 Å².